The van der Waals surface area contributed by atoms with E-state index in [-0.39, 0.29) is 30.3 Å². The van der Waals surface area contributed by atoms with E-state index in [4.69, 9.17) is 5.11 Å². The van der Waals surface area contributed by atoms with E-state index in [2.05, 4.69) is 5.32 Å². The van der Waals surface area contributed by atoms with E-state index in [1.807, 2.05) is 13.8 Å². The summed E-state index contributed by atoms with van der Waals surface area (Å²) < 4.78 is 14.4. The quantitative estimate of drug-likeness (QED) is 0.890. The Balaban J connectivity index is 2.20. The van der Waals surface area contributed by atoms with Crippen molar-refractivity contribution in [2.24, 2.45) is 5.92 Å². The molecule has 1 aromatic heterocycles. The molecule has 0 aliphatic heterocycles. The van der Waals surface area contributed by atoms with Crippen LogP contribution in [0.25, 0.3) is 10.1 Å². The van der Waals surface area contributed by atoms with Gasteiger partial charge in [-0.2, -0.15) is 0 Å². The highest BCUT2D eigenvalue weighted by Crippen LogP contribution is 2.27. The molecule has 1 atom stereocenters. The van der Waals surface area contributed by atoms with Crippen molar-refractivity contribution in [3.8, 4) is 0 Å². The van der Waals surface area contributed by atoms with Gasteiger partial charge in [0.15, 0.2) is 0 Å². The Hall–Kier alpha value is -1.46. The predicted octanol–water partition coefficient (Wildman–Crippen LogP) is 3.18. The maximum absolute atomic E-state index is 13.6. The van der Waals surface area contributed by atoms with Crippen LogP contribution in [0.3, 0.4) is 0 Å². The minimum absolute atomic E-state index is 0.0319. The third-order valence-electron chi connectivity index (χ3n) is 3.29. The molecule has 1 unspecified atom stereocenters. The van der Waals surface area contributed by atoms with Gasteiger partial charge < -0.3 is 10.4 Å². The molecular formula is C15H18FNO2S. The lowest BCUT2D eigenvalue weighted by Gasteiger charge is -2.20. The SMILES string of the molecule is CC(C)C(CCO)NC(=O)c1cc2c(F)cccc2s1. The van der Waals surface area contributed by atoms with Crippen LogP contribution < -0.4 is 5.32 Å². The minimum atomic E-state index is -0.312. The van der Waals surface area contributed by atoms with E-state index in [1.165, 1.54) is 17.4 Å². The number of thiophene rings is 1. The maximum atomic E-state index is 13.6. The molecule has 108 valence electrons. The van der Waals surface area contributed by atoms with E-state index in [1.54, 1.807) is 18.2 Å². The van der Waals surface area contributed by atoms with Gasteiger partial charge in [0.1, 0.15) is 5.82 Å². The first kappa shape index (κ1) is 14.9. The Morgan fingerprint density at radius 1 is 1.45 bits per heavy atom. The summed E-state index contributed by atoms with van der Waals surface area (Å²) >= 11 is 1.28. The highest BCUT2D eigenvalue weighted by molar-refractivity contribution is 7.20. The number of hydrogen-bond acceptors (Lipinski definition) is 3. The molecule has 0 aliphatic rings. The lowest BCUT2D eigenvalue weighted by molar-refractivity contribution is 0.0921. The van der Waals surface area contributed by atoms with Crippen LogP contribution in [-0.2, 0) is 0 Å². The zero-order valence-electron chi connectivity index (χ0n) is 11.5. The summed E-state index contributed by atoms with van der Waals surface area (Å²) in [5, 5.41) is 12.4. The van der Waals surface area contributed by atoms with Crippen molar-refractivity contribution in [3.63, 3.8) is 0 Å². The zero-order chi connectivity index (χ0) is 14.7. The highest BCUT2D eigenvalue weighted by atomic mass is 32.1. The Bertz CT molecular complexity index is 609. The van der Waals surface area contributed by atoms with Gasteiger partial charge in [0, 0.05) is 22.7 Å². The average molecular weight is 295 g/mol. The fourth-order valence-corrected chi connectivity index (χ4v) is 3.07. The van der Waals surface area contributed by atoms with Crippen molar-refractivity contribution in [2.45, 2.75) is 26.3 Å². The normalized spacial score (nSPS) is 12.8. The molecule has 2 rings (SSSR count). The van der Waals surface area contributed by atoms with Gasteiger partial charge in [-0.1, -0.05) is 19.9 Å². The molecular weight excluding hydrogens is 277 g/mol. The first-order chi connectivity index (χ1) is 9.52. The van der Waals surface area contributed by atoms with Crippen LogP contribution in [0.4, 0.5) is 4.39 Å². The Morgan fingerprint density at radius 2 is 2.20 bits per heavy atom. The van der Waals surface area contributed by atoms with Gasteiger partial charge in [-0.25, -0.2) is 4.39 Å². The zero-order valence-corrected chi connectivity index (χ0v) is 12.3. The van der Waals surface area contributed by atoms with Gasteiger partial charge in [0.2, 0.25) is 0 Å². The standard InChI is InChI=1S/C15H18FNO2S/c1-9(2)12(6-7-18)17-15(19)14-8-10-11(16)4-3-5-13(10)20-14/h3-5,8-9,12,18H,6-7H2,1-2H3,(H,17,19). The van der Waals surface area contributed by atoms with Crippen LogP contribution >= 0.6 is 11.3 Å². The average Bonchev–Trinajstić information content (AvgIpc) is 2.83. The number of carbonyl (C=O) groups excluding carboxylic acids is 1. The number of fused-ring (bicyclic) bond motifs is 1. The molecule has 0 saturated heterocycles. The molecule has 0 aliphatic carbocycles. The largest absolute Gasteiger partial charge is 0.396 e. The number of rotatable bonds is 5. The van der Waals surface area contributed by atoms with E-state index in [0.29, 0.717) is 16.7 Å². The van der Waals surface area contributed by atoms with E-state index >= 15 is 0 Å². The van der Waals surface area contributed by atoms with Crippen LogP contribution in [0.15, 0.2) is 24.3 Å². The Morgan fingerprint density at radius 3 is 2.80 bits per heavy atom. The lowest BCUT2D eigenvalue weighted by atomic mass is 10.0. The number of aliphatic hydroxyl groups excluding tert-OH is 1. The maximum Gasteiger partial charge on any atom is 0.261 e. The van der Waals surface area contributed by atoms with Gasteiger partial charge in [-0.3, -0.25) is 4.79 Å². The summed E-state index contributed by atoms with van der Waals surface area (Å²) in [6, 6.07) is 6.33. The van der Waals surface area contributed by atoms with Gasteiger partial charge in [-0.05, 0) is 30.5 Å². The van der Waals surface area contributed by atoms with Crippen molar-refractivity contribution >= 4 is 27.3 Å². The van der Waals surface area contributed by atoms with Gasteiger partial charge >= 0.3 is 0 Å². The second-order valence-electron chi connectivity index (χ2n) is 5.10. The topological polar surface area (TPSA) is 49.3 Å². The highest BCUT2D eigenvalue weighted by Gasteiger charge is 2.18. The third-order valence-corrected chi connectivity index (χ3v) is 4.39. The summed E-state index contributed by atoms with van der Waals surface area (Å²) in [6.07, 6.45) is 0.517. The number of nitrogens with one attached hydrogen (secondary N) is 1. The number of amides is 1. The van der Waals surface area contributed by atoms with Crippen molar-refractivity contribution in [1.29, 1.82) is 0 Å². The van der Waals surface area contributed by atoms with Crippen LogP contribution in [-0.4, -0.2) is 23.7 Å². The summed E-state index contributed by atoms with van der Waals surface area (Å²) in [7, 11) is 0. The second kappa shape index (κ2) is 6.33. The van der Waals surface area contributed by atoms with Crippen LogP contribution in [0, 0.1) is 11.7 Å². The summed E-state index contributed by atoms with van der Waals surface area (Å²) in [6.45, 7) is 4.01. The van der Waals surface area contributed by atoms with Crippen molar-refractivity contribution in [3.05, 3.63) is 35.0 Å². The Labute approximate surface area is 121 Å². The van der Waals surface area contributed by atoms with Crippen LogP contribution in [0.1, 0.15) is 29.9 Å². The number of halogens is 1. The first-order valence-electron chi connectivity index (χ1n) is 6.62. The van der Waals surface area contributed by atoms with Gasteiger partial charge in [0.05, 0.1) is 4.88 Å². The lowest BCUT2D eigenvalue weighted by Crippen LogP contribution is -2.38. The van der Waals surface area contributed by atoms with Crippen molar-refractivity contribution in [1.82, 2.24) is 5.32 Å². The summed E-state index contributed by atoms with van der Waals surface area (Å²) in [5.41, 5.74) is 0. The predicted molar refractivity (Wildman–Crippen MR) is 79.6 cm³/mol. The van der Waals surface area contributed by atoms with E-state index in [0.717, 1.165) is 4.70 Å². The molecule has 1 amide bonds. The monoisotopic (exact) mass is 295 g/mol. The number of aliphatic hydroxyl groups is 1. The molecule has 20 heavy (non-hydrogen) atoms. The smallest absolute Gasteiger partial charge is 0.261 e. The van der Waals surface area contributed by atoms with Crippen LogP contribution in [0.5, 0.6) is 0 Å². The third kappa shape index (κ3) is 3.16. The van der Waals surface area contributed by atoms with Gasteiger partial charge in [-0.15, -0.1) is 11.3 Å². The molecule has 1 heterocycles. The first-order valence-corrected chi connectivity index (χ1v) is 7.44. The van der Waals surface area contributed by atoms with E-state index in [9.17, 15) is 9.18 Å². The van der Waals surface area contributed by atoms with E-state index < -0.39 is 0 Å². The number of benzene rings is 1. The fourth-order valence-electron chi connectivity index (χ4n) is 2.09. The number of carbonyl (C=O) groups is 1. The van der Waals surface area contributed by atoms with Crippen LogP contribution in [0.2, 0.25) is 0 Å². The molecule has 0 fully saturated rings. The minimum Gasteiger partial charge on any atom is -0.396 e. The molecule has 0 radical (unpaired) electrons. The fraction of sp³-hybridized carbons (Fsp3) is 0.400. The molecule has 2 N–H and O–H groups in total. The molecule has 3 nitrogen and oxygen atoms in total. The molecule has 1 aromatic carbocycles. The number of hydrogen-bond donors (Lipinski definition) is 2. The molecule has 0 spiro atoms. The Kier molecular flexibility index (Phi) is 4.73. The molecule has 2 aromatic rings. The second-order valence-corrected chi connectivity index (χ2v) is 6.18. The summed E-state index contributed by atoms with van der Waals surface area (Å²) in [4.78, 5) is 12.7. The van der Waals surface area contributed by atoms with Crippen molar-refractivity contribution in [2.75, 3.05) is 6.61 Å². The molecule has 0 saturated carbocycles. The summed E-state index contributed by atoms with van der Waals surface area (Å²) in [5.74, 6) is -0.288. The molecule has 5 heteroatoms. The van der Waals surface area contributed by atoms with Gasteiger partial charge in [0.25, 0.3) is 5.91 Å². The van der Waals surface area contributed by atoms with Crippen molar-refractivity contribution < 1.29 is 14.3 Å². The molecule has 0 bridgehead atoms.